The lowest BCUT2D eigenvalue weighted by molar-refractivity contribution is -0.143. The zero-order valence-electron chi connectivity index (χ0n) is 14.3. The molecule has 1 amide bonds. The predicted octanol–water partition coefficient (Wildman–Crippen LogP) is 0.868. The van der Waals surface area contributed by atoms with Crippen molar-refractivity contribution in [3.05, 3.63) is 65.7 Å². The van der Waals surface area contributed by atoms with Crippen LogP contribution in [0, 0.1) is 0 Å². The number of aliphatic carboxylic acids is 1. The fourth-order valence-corrected chi connectivity index (χ4v) is 2.53. The molecule has 0 aliphatic carbocycles. The largest absolute Gasteiger partial charge is 0.497 e. The number of hydrogen-bond donors (Lipinski definition) is 4. The number of methoxy groups -OCH3 is 1. The van der Waals surface area contributed by atoms with E-state index in [4.69, 9.17) is 10.5 Å². The predicted molar refractivity (Wildman–Crippen MR) is 95.6 cm³/mol. The van der Waals surface area contributed by atoms with Crippen LogP contribution in [-0.4, -0.2) is 41.3 Å². The molecule has 0 spiro atoms. The Morgan fingerprint density at radius 3 is 2.46 bits per heavy atom. The Hall–Kier alpha value is -2.90. The van der Waals surface area contributed by atoms with E-state index in [1.54, 1.807) is 18.2 Å². The number of carbonyl (C=O) groups is 2. The molecule has 0 saturated heterocycles. The summed E-state index contributed by atoms with van der Waals surface area (Å²) in [5, 5.41) is 21.9. The fourth-order valence-electron chi connectivity index (χ4n) is 2.53. The highest BCUT2D eigenvalue weighted by Crippen LogP contribution is 2.20. The van der Waals surface area contributed by atoms with Gasteiger partial charge >= 0.3 is 5.97 Å². The second-order valence-corrected chi connectivity index (χ2v) is 5.85. The number of hydrogen-bond acceptors (Lipinski definition) is 5. The van der Waals surface area contributed by atoms with Gasteiger partial charge in [0.1, 0.15) is 11.9 Å². The van der Waals surface area contributed by atoms with E-state index in [0.29, 0.717) is 11.3 Å². The Kier molecular flexibility index (Phi) is 6.71. The van der Waals surface area contributed by atoms with Gasteiger partial charge < -0.3 is 26.0 Å². The zero-order chi connectivity index (χ0) is 19.1. The average Bonchev–Trinajstić information content (AvgIpc) is 2.65. The minimum absolute atomic E-state index is 0.284. The number of carboxylic acids is 1. The van der Waals surface area contributed by atoms with Gasteiger partial charge in [0.15, 0.2) is 6.04 Å². The standard InChI is InChI=1S/C19H22N2O5/c1-26-14-9-5-8-13(11-14)16(19(24)25)21-18(23)17(22)15(20)10-12-6-3-2-4-7-12/h2-9,11,15-17,22H,10,20H2,1H3,(H,21,23)(H,24,25)/t15-,16?,17+/m1/s1. The Morgan fingerprint density at radius 1 is 1.15 bits per heavy atom. The van der Waals surface area contributed by atoms with Crippen LogP contribution >= 0.6 is 0 Å². The molecule has 7 nitrogen and oxygen atoms in total. The minimum atomic E-state index is -1.54. The van der Waals surface area contributed by atoms with Crippen LogP contribution in [0.5, 0.6) is 5.75 Å². The molecule has 2 aromatic rings. The number of carbonyl (C=O) groups excluding carboxylic acids is 1. The average molecular weight is 358 g/mol. The molecule has 0 aromatic heterocycles. The third-order valence-corrected chi connectivity index (χ3v) is 3.95. The summed E-state index contributed by atoms with van der Waals surface area (Å²) in [5.41, 5.74) is 7.11. The van der Waals surface area contributed by atoms with Crippen molar-refractivity contribution in [2.45, 2.75) is 24.6 Å². The van der Waals surface area contributed by atoms with Crippen molar-refractivity contribution in [1.82, 2.24) is 5.32 Å². The normalized spacial score (nSPS) is 14.1. The van der Waals surface area contributed by atoms with Crippen molar-refractivity contribution in [2.24, 2.45) is 5.73 Å². The third-order valence-electron chi connectivity index (χ3n) is 3.95. The van der Waals surface area contributed by atoms with Crippen LogP contribution in [0.2, 0.25) is 0 Å². The van der Waals surface area contributed by atoms with Gasteiger partial charge in [-0.25, -0.2) is 4.79 Å². The lowest BCUT2D eigenvalue weighted by Gasteiger charge is -2.21. The van der Waals surface area contributed by atoms with Crippen molar-refractivity contribution in [3.63, 3.8) is 0 Å². The van der Waals surface area contributed by atoms with Gasteiger partial charge in [-0.05, 0) is 29.7 Å². The summed E-state index contributed by atoms with van der Waals surface area (Å²) in [7, 11) is 1.46. The van der Waals surface area contributed by atoms with Crippen LogP contribution in [0.15, 0.2) is 54.6 Å². The molecule has 1 unspecified atom stereocenters. The van der Waals surface area contributed by atoms with Gasteiger partial charge in [-0.2, -0.15) is 0 Å². The molecule has 3 atom stereocenters. The van der Waals surface area contributed by atoms with Crippen LogP contribution < -0.4 is 15.8 Å². The van der Waals surface area contributed by atoms with E-state index in [9.17, 15) is 19.8 Å². The molecule has 0 radical (unpaired) electrons. The van der Waals surface area contributed by atoms with Gasteiger partial charge in [0, 0.05) is 6.04 Å². The number of nitrogens with two attached hydrogens (primary N) is 1. The van der Waals surface area contributed by atoms with E-state index in [1.807, 2.05) is 30.3 Å². The fraction of sp³-hybridized carbons (Fsp3) is 0.263. The summed E-state index contributed by atoms with van der Waals surface area (Å²) in [6.45, 7) is 0. The molecule has 138 valence electrons. The number of carboxylic acid groups (broad SMARTS) is 1. The summed E-state index contributed by atoms with van der Waals surface area (Å²) in [6, 6.07) is 13.3. The monoisotopic (exact) mass is 358 g/mol. The molecule has 0 saturated carbocycles. The first kappa shape index (κ1) is 19.4. The van der Waals surface area contributed by atoms with Crippen LogP contribution in [0.1, 0.15) is 17.2 Å². The SMILES string of the molecule is COc1cccc(C(NC(=O)[C@@H](O)[C@H](N)Cc2ccccc2)C(=O)O)c1. The summed E-state index contributed by atoms with van der Waals surface area (Å²) in [6.07, 6.45) is -1.26. The maximum atomic E-state index is 12.3. The molecule has 7 heteroatoms. The molecule has 0 bridgehead atoms. The molecular formula is C19H22N2O5. The van der Waals surface area contributed by atoms with E-state index in [1.165, 1.54) is 13.2 Å². The van der Waals surface area contributed by atoms with Crippen molar-refractivity contribution < 1.29 is 24.5 Å². The van der Waals surface area contributed by atoms with Crippen LogP contribution in [-0.2, 0) is 16.0 Å². The molecular weight excluding hydrogens is 336 g/mol. The highest BCUT2D eigenvalue weighted by molar-refractivity contribution is 5.87. The number of nitrogens with one attached hydrogen (secondary N) is 1. The first-order valence-electron chi connectivity index (χ1n) is 8.07. The van der Waals surface area contributed by atoms with Crippen molar-refractivity contribution in [3.8, 4) is 5.75 Å². The molecule has 0 heterocycles. The zero-order valence-corrected chi connectivity index (χ0v) is 14.3. The van der Waals surface area contributed by atoms with E-state index in [0.717, 1.165) is 5.56 Å². The van der Waals surface area contributed by atoms with Crippen molar-refractivity contribution >= 4 is 11.9 Å². The number of aliphatic hydroxyl groups is 1. The third kappa shape index (κ3) is 5.05. The Morgan fingerprint density at radius 2 is 1.85 bits per heavy atom. The molecule has 2 aromatic carbocycles. The number of rotatable bonds is 8. The van der Waals surface area contributed by atoms with Crippen LogP contribution in [0.25, 0.3) is 0 Å². The highest BCUT2D eigenvalue weighted by atomic mass is 16.5. The summed E-state index contributed by atoms with van der Waals surface area (Å²) in [4.78, 5) is 23.8. The quantitative estimate of drug-likeness (QED) is 0.555. The first-order valence-corrected chi connectivity index (χ1v) is 8.07. The van der Waals surface area contributed by atoms with Crippen LogP contribution in [0.3, 0.4) is 0 Å². The van der Waals surface area contributed by atoms with E-state index in [2.05, 4.69) is 5.32 Å². The van der Waals surface area contributed by atoms with E-state index in [-0.39, 0.29) is 6.42 Å². The van der Waals surface area contributed by atoms with E-state index < -0.39 is 30.1 Å². The number of amides is 1. The topological polar surface area (TPSA) is 122 Å². The van der Waals surface area contributed by atoms with Gasteiger partial charge in [-0.1, -0.05) is 42.5 Å². The maximum Gasteiger partial charge on any atom is 0.330 e. The summed E-state index contributed by atoms with van der Waals surface area (Å²) < 4.78 is 5.07. The Labute approximate surface area is 151 Å². The van der Waals surface area contributed by atoms with Gasteiger partial charge in [-0.15, -0.1) is 0 Å². The molecule has 26 heavy (non-hydrogen) atoms. The smallest absolute Gasteiger partial charge is 0.330 e. The highest BCUT2D eigenvalue weighted by Gasteiger charge is 2.29. The Bertz CT molecular complexity index is 751. The Balaban J connectivity index is 2.07. The van der Waals surface area contributed by atoms with Crippen LogP contribution in [0.4, 0.5) is 0 Å². The second kappa shape index (κ2) is 8.98. The molecule has 0 aliphatic heterocycles. The number of aliphatic hydroxyl groups excluding tert-OH is 1. The van der Waals surface area contributed by atoms with Crippen molar-refractivity contribution in [2.75, 3.05) is 7.11 Å². The van der Waals surface area contributed by atoms with Gasteiger partial charge in [-0.3, -0.25) is 4.79 Å². The lowest BCUT2D eigenvalue weighted by atomic mass is 10.0. The van der Waals surface area contributed by atoms with Gasteiger partial charge in [0.2, 0.25) is 0 Å². The minimum Gasteiger partial charge on any atom is -0.497 e. The van der Waals surface area contributed by atoms with Gasteiger partial charge in [0.05, 0.1) is 7.11 Å². The molecule has 5 N–H and O–H groups in total. The number of benzene rings is 2. The number of ether oxygens (including phenoxy) is 1. The second-order valence-electron chi connectivity index (χ2n) is 5.85. The van der Waals surface area contributed by atoms with Crippen molar-refractivity contribution in [1.29, 1.82) is 0 Å². The maximum absolute atomic E-state index is 12.3. The lowest BCUT2D eigenvalue weighted by Crippen LogP contribution is -2.49. The molecule has 0 aliphatic rings. The first-order chi connectivity index (χ1) is 12.4. The summed E-state index contributed by atoms with van der Waals surface area (Å²) in [5.74, 6) is -1.64. The van der Waals surface area contributed by atoms with E-state index >= 15 is 0 Å². The summed E-state index contributed by atoms with van der Waals surface area (Å²) >= 11 is 0. The molecule has 0 fully saturated rings. The van der Waals surface area contributed by atoms with Gasteiger partial charge in [0.25, 0.3) is 5.91 Å². The molecule has 2 rings (SSSR count).